The number of hydrogen-bond donors (Lipinski definition) is 1. The van der Waals surface area contributed by atoms with Gasteiger partial charge in [0.15, 0.2) is 5.78 Å². The van der Waals surface area contributed by atoms with Crippen LogP contribution in [-0.2, 0) is 0 Å². The number of nitriles is 1. The molecule has 0 aliphatic carbocycles. The summed E-state index contributed by atoms with van der Waals surface area (Å²) in [5.74, 6) is -2.08. The number of hydrogen-bond acceptors (Lipinski definition) is 7. The van der Waals surface area contributed by atoms with Crippen LogP contribution in [0.15, 0.2) is 79.1 Å². The number of carbonyl (C=O) groups excluding carboxylic acids is 3. The normalized spacial score (nSPS) is 13.2. The van der Waals surface area contributed by atoms with Gasteiger partial charge in [-0.1, -0.05) is 0 Å². The van der Waals surface area contributed by atoms with Crippen molar-refractivity contribution in [3.63, 3.8) is 0 Å². The number of nitrogens with zero attached hydrogens (tertiary/aromatic N) is 4. The molecule has 4 aromatic rings. The maximum atomic E-state index is 14.0. The Morgan fingerprint density at radius 3 is 2.26 bits per heavy atom. The molecule has 0 spiro atoms. The third-order valence-corrected chi connectivity index (χ3v) is 6.79. The van der Waals surface area contributed by atoms with Crippen molar-refractivity contribution in [3.05, 3.63) is 113 Å². The van der Waals surface area contributed by atoms with Crippen LogP contribution in [0, 0.1) is 28.9 Å². The van der Waals surface area contributed by atoms with E-state index in [2.05, 4.69) is 15.3 Å². The van der Waals surface area contributed by atoms with Gasteiger partial charge in [-0.3, -0.25) is 19.4 Å². The summed E-state index contributed by atoms with van der Waals surface area (Å²) < 4.78 is 32.9. The Balaban J connectivity index is 1.13. The van der Waals surface area contributed by atoms with Gasteiger partial charge in [-0.2, -0.15) is 5.26 Å². The van der Waals surface area contributed by atoms with E-state index in [4.69, 9.17) is 10.00 Å². The Hall–Kier alpha value is -5.50. The van der Waals surface area contributed by atoms with Crippen molar-refractivity contribution in [2.75, 3.05) is 18.4 Å². The van der Waals surface area contributed by atoms with Gasteiger partial charge in [-0.05, 0) is 73.5 Å². The van der Waals surface area contributed by atoms with E-state index >= 15 is 0 Å². The fraction of sp³-hybridized carbons (Fsp3) is 0.161. The molecular weight excluding hydrogens is 544 g/mol. The minimum Gasteiger partial charge on any atom is -0.456 e. The lowest BCUT2D eigenvalue weighted by Crippen LogP contribution is -2.40. The average molecular weight is 568 g/mol. The van der Waals surface area contributed by atoms with Crippen LogP contribution in [-0.4, -0.2) is 45.6 Å². The highest BCUT2D eigenvalue weighted by molar-refractivity contribution is 6.04. The molecule has 0 saturated carbocycles. The summed E-state index contributed by atoms with van der Waals surface area (Å²) in [5.41, 5.74) is 0.723. The van der Waals surface area contributed by atoms with Crippen LogP contribution in [0.5, 0.6) is 11.5 Å². The van der Waals surface area contributed by atoms with Crippen LogP contribution < -0.4 is 10.1 Å². The predicted octanol–water partition coefficient (Wildman–Crippen LogP) is 5.41. The van der Waals surface area contributed by atoms with Gasteiger partial charge in [0.25, 0.3) is 11.8 Å². The highest BCUT2D eigenvalue weighted by atomic mass is 19.1. The fourth-order valence-electron chi connectivity index (χ4n) is 4.51. The average Bonchev–Trinajstić information content (AvgIpc) is 3.02. The van der Waals surface area contributed by atoms with Gasteiger partial charge in [-0.25, -0.2) is 13.8 Å². The Kier molecular flexibility index (Phi) is 8.24. The van der Waals surface area contributed by atoms with E-state index in [1.165, 1.54) is 24.5 Å². The first kappa shape index (κ1) is 28.0. The molecule has 2 aromatic heterocycles. The summed E-state index contributed by atoms with van der Waals surface area (Å²) in [6, 6.07) is 17.6. The minimum atomic E-state index is -0.895. The molecule has 1 aliphatic heterocycles. The number of carbonyl (C=O) groups is 3. The maximum absolute atomic E-state index is 14.0. The first-order valence-corrected chi connectivity index (χ1v) is 13.0. The lowest BCUT2D eigenvalue weighted by atomic mass is 9.88. The third kappa shape index (κ3) is 6.45. The predicted molar refractivity (Wildman–Crippen MR) is 147 cm³/mol. The molecule has 2 aromatic carbocycles. The molecule has 3 heterocycles. The Morgan fingerprint density at radius 1 is 0.905 bits per heavy atom. The van der Waals surface area contributed by atoms with Crippen molar-refractivity contribution in [1.29, 1.82) is 5.26 Å². The number of ketones is 1. The second-order valence-corrected chi connectivity index (χ2v) is 9.56. The summed E-state index contributed by atoms with van der Waals surface area (Å²) in [5, 5.41) is 11.5. The summed E-state index contributed by atoms with van der Waals surface area (Å²) in [7, 11) is 0. The Labute approximate surface area is 239 Å². The molecular formula is C31H23F2N5O4. The van der Waals surface area contributed by atoms with Gasteiger partial charge in [0, 0.05) is 31.3 Å². The van der Waals surface area contributed by atoms with Gasteiger partial charge in [0.1, 0.15) is 34.6 Å². The first-order valence-electron chi connectivity index (χ1n) is 13.0. The number of Topliss-reactive ketones (excluding diaryl/α,β-unsaturated/α-hetero) is 1. The minimum absolute atomic E-state index is 0.142. The third-order valence-electron chi connectivity index (χ3n) is 6.79. The molecule has 0 unspecified atom stereocenters. The van der Waals surface area contributed by atoms with E-state index < -0.39 is 29.2 Å². The highest BCUT2D eigenvalue weighted by Crippen LogP contribution is 2.25. The topological polar surface area (TPSA) is 125 Å². The van der Waals surface area contributed by atoms with Gasteiger partial charge in [-0.15, -0.1) is 0 Å². The van der Waals surface area contributed by atoms with E-state index in [1.54, 1.807) is 41.3 Å². The van der Waals surface area contributed by atoms with Crippen molar-refractivity contribution >= 4 is 23.4 Å². The van der Waals surface area contributed by atoms with Crippen molar-refractivity contribution in [2.45, 2.75) is 12.8 Å². The highest BCUT2D eigenvalue weighted by Gasteiger charge is 2.30. The summed E-state index contributed by atoms with van der Waals surface area (Å²) in [6.45, 7) is 0.553. The van der Waals surface area contributed by atoms with E-state index in [0.717, 1.165) is 12.1 Å². The van der Waals surface area contributed by atoms with Crippen LogP contribution in [0.1, 0.15) is 49.6 Å². The molecule has 42 heavy (non-hydrogen) atoms. The van der Waals surface area contributed by atoms with E-state index in [0.29, 0.717) is 36.0 Å². The largest absolute Gasteiger partial charge is 0.456 e. The summed E-state index contributed by atoms with van der Waals surface area (Å²) >= 11 is 0. The number of aromatic nitrogens is 2. The monoisotopic (exact) mass is 567 g/mol. The van der Waals surface area contributed by atoms with Gasteiger partial charge in [0.05, 0.1) is 29.0 Å². The molecule has 2 amide bonds. The van der Waals surface area contributed by atoms with Gasteiger partial charge < -0.3 is 15.0 Å². The molecule has 0 bridgehead atoms. The SMILES string of the molecule is N#Cc1ccc(Oc2ccc(NC(=O)c3ccc(C(=O)N4CCC(C(=O)c5ccc(F)cc5F)CC4)nc3)nc2)cc1. The quantitative estimate of drug-likeness (QED) is 0.296. The number of anilines is 1. The molecule has 1 aliphatic rings. The van der Waals surface area contributed by atoms with Crippen LogP contribution in [0.4, 0.5) is 14.6 Å². The molecule has 5 rings (SSSR count). The van der Waals surface area contributed by atoms with E-state index in [1.807, 2.05) is 6.07 Å². The van der Waals surface area contributed by atoms with E-state index in [-0.39, 0.29) is 41.6 Å². The molecule has 9 nitrogen and oxygen atoms in total. The maximum Gasteiger partial charge on any atom is 0.272 e. The second kappa shape index (κ2) is 12.3. The number of likely N-dealkylation sites (tertiary alicyclic amines) is 1. The molecule has 11 heteroatoms. The van der Waals surface area contributed by atoms with E-state index in [9.17, 15) is 23.2 Å². The summed E-state index contributed by atoms with van der Waals surface area (Å²) in [4.78, 5) is 48.2. The first-order chi connectivity index (χ1) is 20.3. The summed E-state index contributed by atoms with van der Waals surface area (Å²) in [6.07, 6.45) is 3.41. The van der Waals surface area contributed by atoms with Crippen molar-refractivity contribution in [1.82, 2.24) is 14.9 Å². The van der Waals surface area contributed by atoms with Crippen LogP contribution in [0.25, 0.3) is 0 Å². The van der Waals surface area contributed by atoms with Crippen molar-refractivity contribution < 1.29 is 27.9 Å². The fourth-order valence-corrected chi connectivity index (χ4v) is 4.51. The molecule has 1 saturated heterocycles. The zero-order valence-corrected chi connectivity index (χ0v) is 22.1. The van der Waals surface area contributed by atoms with Crippen LogP contribution in [0.2, 0.25) is 0 Å². The molecule has 0 radical (unpaired) electrons. The smallest absolute Gasteiger partial charge is 0.272 e. The molecule has 1 N–H and O–H groups in total. The zero-order valence-electron chi connectivity index (χ0n) is 22.1. The van der Waals surface area contributed by atoms with Crippen molar-refractivity contribution in [3.8, 4) is 17.6 Å². The number of piperidine rings is 1. The van der Waals surface area contributed by atoms with Crippen molar-refractivity contribution in [2.24, 2.45) is 5.92 Å². The van der Waals surface area contributed by atoms with Crippen LogP contribution in [0.3, 0.4) is 0 Å². The number of pyridine rings is 2. The zero-order chi connectivity index (χ0) is 29.6. The Morgan fingerprint density at radius 2 is 1.64 bits per heavy atom. The number of amides is 2. The number of nitrogens with one attached hydrogen (secondary N) is 1. The lowest BCUT2D eigenvalue weighted by Gasteiger charge is -2.31. The number of halogens is 2. The number of rotatable bonds is 7. The Bertz CT molecular complexity index is 1660. The lowest BCUT2D eigenvalue weighted by molar-refractivity contribution is 0.0644. The standard InChI is InChI=1S/C31H23F2N5O4/c32-22-4-8-25(26(33)15-22)29(39)20-11-13-38(14-12-20)31(41)27-9-3-21(17-35-27)30(40)37-28-10-7-24(18-36-28)42-23-5-1-19(16-34)2-6-23/h1-10,15,17-18,20H,11-14H2,(H,36,37,40). The number of ether oxygens (including phenoxy) is 1. The molecule has 210 valence electrons. The number of benzene rings is 2. The molecule has 1 fully saturated rings. The van der Waals surface area contributed by atoms with Gasteiger partial charge >= 0.3 is 0 Å². The van der Waals surface area contributed by atoms with Gasteiger partial charge in [0.2, 0.25) is 0 Å². The second-order valence-electron chi connectivity index (χ2n) is 9.56. The van der Waals surface area contributed by atoms with Crippen LogP contribution >= 0.6 is 0 Å². The molecule has 0 atom stereocenters.